The Morgan fingerprint density at radius 1 is 0.778 bits per heavy atom. The molecule has 0 saturated carbocycles. The molecule has 36 heavy (non-hydrogen) atoms. The molecule has 0 bridgehead atoms. The number of anilines is 2. The molecule has 0 N–H and O–H groups in total. The van der Waals surface area contributed by atoms with Crippen LogP contribution in [-0.4, -0.2) is 22.8 Å². The first-order chi connectivity index (χ1) is 17.3. The first-order valence-corrected chi connectivity index (χ1v) is 11.1. The maximum atomic E-state index is 13.7. The van der Waals surface area contributed by atoms with E-state index in [1.54, 1.807) is 54.6 Å². The molecule has 1 heterocycles. The topological polar surface area (TPSA) is 101 Å². The van der Waals surface area contributed by atoms with Crippen LogP contribution in [0.15, 0.2) is 96.6 Å². The number of rotatable bonds is 4. The van der Waals surface area contributed by atoms with Crippen LogP contribution in [0.3, 0.4) is 0 Å². The zero-order valence-electron chi connectivity index (χ0n) is 19.1. The highest BCUT2D eigenvalue weighted by Gasteiger charge is 2.44. The molecule has 0 aromatic heterocycles. The molecule has 1 aliphatic heterocycles. The summed E-state index contributed by atoms with van der Waals surface area (Å²) >= 11 is 0. The number of benzene rings is 4. The fourth-order valence-corrected chi connectivity index (χ4v) is 4.16. The van der Waals surface area contributed by atoms with E-state index in [9.17, 15) is 24.5 Å². The van der Waals surface area contributed by atoms with E-state index in [-0.39, 0.29) is 16.8 Å². The minimum Gasteiger partial charge on any atom is -0.268 e. The Hall–Kier alpha value is -5.11. The third-order valence-corrected chi connectivity index (χ3v) is 5.94. The first-order valence-electron chi connectivity index (χ1n) is 11.1. The Morgan fingerprint density at radius 2 is 1.44 bits per heavy atom. The Morgan fingerprint density at radius 3 is 2.19 bits per heavy atom. The molecule has 0 radical (unpaired) electrons. The van der Waals surface area contributed by atoms with Gasteiger partial charge in [0, 0.05) is 17.5 Å². The lowest BCUT2D eigenvalue weighted by Gasteiger charge is -2.34. The molecule has 0 atom stereocenters. The van der Waals surface area contributed by atoms with Crippen molar-refractivity contribution in [1.82, 2.24) is 0 Å². The van der Waals surface area contributed by atoms with Gasteiger partial charge in [-0.1, -0.05) is 66.2 Å². The van der Waals surface area contributed by atoms with Crippen molar-refractivity contribution >= 4 is 51.8 Å². The van der Waals surface area contributed by atoms with Gasteiger partial charge in [-0.2, -0.15) is 0 Å². The minimum atomic E-state index is -0.809. The van der Waals surface area contributed by atoms with Crippen LogP contribution in [0.5, 0.6) is 0 Å². The lowest BCUT2D eigenvalue weighted by Crippen LogP contribution is -2.57. The lowest BCUT2D eigenvalue weighted by atomic mass is 10.0. The predicted octanol–water partition coefficient (Wildman–Crippen LogP) is 5.64. The summed E-state index contributed by atoms with van der Waals surface area (Å²) in [5, 5.41) is 12.7. The number of non-ortho nitro benzene ring substituents is 1. The summed E-state index contributed by atoms with van der Waals surface area (Å²) in [6.45, 7) is 1.88. The summed E-state index contributed by atoms with van der Waals surface area (Å²) in [5.41, 5.74) is 1.39. The van der Waals surface area contributed by atoms with Crippen molar-refractivity contribution in [2.45, 2.75) is 6.92 Å². The van der Waals surface area contributed by atoms with Gasteiger partial charge in [0.05, 0.1) is 16.3 Å². The van der Waals surface area contributed by atoms with Gasteiger partial charge in [-0.05, 0) is 42.1 Å². The molecule has 0 aliphatic carbocycles. The van der Waals surface area contributed by atoms with Crippen LogP contribution in [0.25, 0.3) is 16.8 Å². The molecule has 1 aliphatic rings. The largest absolute Gasteiger partial charge is 0.343 e. The van der Waals surface area contributed by atoms with Crippen molar-refractivity contribution in [3.63, 3.8) is 0 Å². The zero-order chi connectivity index (χ0) is 25.4. The molecule has 4 aromatic carbocycles. The smallest absolute Gasteiger partial charge is 0.268 e. The third kappa shape index (κ3) is 3.90. The Balaban J connectivity index is 1.71. The zero-order valence-corrected chi connectivity index (χ0v) is 19.1. The summed E-state index contributed by atoms with van der Waals surface area (Å²) in [5.74, 6) is -1.62. The van der Waals surface area contributed by atoms with E-state index in [0.717, 1.165) is 20.7 Å². The molecule has 8 heteroatoms. The molecule has 1 fully saturated rings. The number of hydrogen-bond donors (Lipinski definition) is 0. The Bertz CT molecular complexity index is 1590. The SMILES string of the molecule is Cc1ccc(N2C(=O)/C(=C\c3cccc([N+](=O)[O-])c3)C(=O)N(c3cccc4ccccc34)C2=O)cc1. The van der Waals surface area contributed by atoms with E-state index in [2.05, 4.69) is 0 Å². The molecule has 5 rings (SSSR count). The van der Waals surface area contributed by atoms with Crippen molar-refractivity contribution in [2.24, 2.45) is 0 Å². The van der Waals surface area contributed by atoms with Gasteiger partial charge in [-0.25, -0.2) is 14.6 Å². The van der Waals surface area contributed by atoms with Crippen LogP contribution in [0.4, 0.5) is 21.9 Å². The average Bonchev–Trinajstić information content (AvgIpc) is 2.88. The minimum absolute atomic E-state index is 0.183. The van der Waals surface area contributed by atoms with Crippen LogP contribution in [0.1, 0.15) is 11.1 Å². The van der Waals surface area contributed by atoms with E-state index < -0.39 is 22.8 Å². The highest BCUT2D eigenvalue weighted by atomic mass is 16.6. The van der Waals surface area contributed by atoms with Crippen molar-refractivity contribution in [3.05, 3.63) is 118 Å². The highest BCUT2D eigenvalue weighted by molar-refractivity contribution is 6.46. The van der Waals surface area contributed by atoms with Crippen molar-refractivity contribution in [2.75, 3.05) is 9.80 Å². The second-order valence-electron chi connectivity index (χ2n) is 8.31. The molecule has 4 amide bonds. The average molecular weight is 477 g/mol. The number of amides is 4. The lowest BCUT2D eigenvalue weighted by molar-refractivity contribution is -0.384. The van der Waals surface area contributed by atoms with Crippen LogP contribution in [0, 0.1) is 17.0 Å². The van der Waals surface area contributed by atoms with Gasteiger partial charge in [-0.15, -0.1) is 0 Å². The van der Waals surface area contributed by atoms with Gasteiger partial charge in [-0.3, -0.25) is 19.7 Å². The molecule has 1 saturated heterocycles. The maximum Gasteiger partial charge on any atom is 0.343 e. The van der Waals surface area contributed by atoms with Crippen LogP contribution < -0.4 is 9.80 Å². The van der Waals surface area contributed by atoms with Gasteiger partial charge in [0.2, 0.25) is 0 Å². The summed E-state index contributed by atoms with van der Waals surface area (Å²) in [4.78, 5) is 53.6. The quantitative estimate of drug-likeness (QED) is 0.164. The molecule has 0 spiro atoms. The van der Waals surface area contributed by atoms with Crippen LogP contribution in [-0.2, 0) is 9.59 Å². The van der Waals surface area contributed by atoms with Crippen LogP contribution in [0.2, 0.25) is 0 Å². The summed E-state index contributed by atoms with van der Waals surface area (Å²) < 4.78 is 0. The number of nitro benzene ring substituents is 1. The number of hydrogen-bond acceptors (Lipinski definition) is 5. The van der Waals surface area contributed by atoms with Crippen molar-refractivity contribution in [1.29, 1.82) is 0 Å². The third-order valence-electron chi connectivity index (χ3n) is 5.94. The van der Waals surface area contributed by atoms with Gasteiger partial charge in [0.15, 0.2) is 0 Å². The number of nitro groups is 1. The van der Waals surface area contributed by atoms with Gasteiger partial charge < -0.3 is 0 Å². The van der Waals surface area contributed by atoms with Gasteiger partial charge >= 0.3 is 6.03 Å². The monoisotopic (exact) mass is 477 g/mol. The molecule has 4 aromatic rings. The molecule has 0 unspecified atom stereocenters. The van der Waals surface area contributed by atoms with E-state index >= 15 is 0 Å². The summed E-state index contributed by atoms with van der Waals surface area (Å²) in [6, 6.07) is 24.1. The molecular formula is C28H19N3O5. The summed E-state index contributed by atoms with van der Waals surface area (Å²) in [6.07, 6.45) is 1.28. The van der Waals surface area contributed by atoms with Crippen molar-refractivity contribution < 1.29 is 19.3 Å². The van der Waals surface area contributed by atoms with Crippen molar-refractivity contribution in [3.8, 4) is 0 Å². The van der Waals surface area contributed by atoms with Gasteiger partial charge in [0.25, 0.3) is 17.5 Å². The number of aryl methyl sites for hydroxylation is 1. The number of fused-ring (bicyclic) bond motifs is 1. The van der Waals surface area contributed by atoms with E-state index in [1.807, 2.05) is 25.1 Å². The molecule has 8 nitrogen and oxygen atoms in total. The van der Waals surface area contributed by atoms with E-state index in [4.69, 9.17) is 0 Å². The van der Waals surface area contributed by atoms with Crippen LogP contribution >= 0.6 is 0 Å². The Labute approximate surface area is 205 Å². The fourth-order valence-electron chi connectivity index (χ4n) is 4.16. The number of urea groups is 1. The predicted molar refractivity (Wildman–Crippen MR) is 137 cm³/mol. The number of imide groups is 2. The molecule has 176 valence electrons. The highest BCUT2D eigenvalue weighted by Crippen LogP contribution is 2.34. The maximum absolute atomic E-state index is 13.7. The Kier molecular flexibility index (Phi) is 5.62. The number of carbonyl (C=O) groups is 3. The second kappa shape index (κ2) is 8.92. The van der Waals surface area contributed by atoms with E-state index in [1.165, 1.54) is 24.3 Å². The normalized spacial score (nSPS) is 15.1. The second-order valence-corrected chi connectivity index (χ2v) is 8.31. The number of barbiturate groups is 1. The number of nitrogens with zero attached hydrogens (tertiary/aromatic N) is 3. The van der Waals surface area contributed by atoms with Gasteiger partial charge in [0.1, 0.15) is 5.57 Å². The standard InChI is InChI=1S/C28H19N3O5/c1-18-12-14-21(15-13-18)29-26(32)24(17-19-6-4-9-22(16-19)31(35)36)27(33)30(28(29)34)25-11-5-8-20-7-2-3-10-23(20)25/h2-17H,1H3/b24-17+. The molecular weight excluding hydrogens is 458 g/mol. The summed E-state index contributed by atoms with van der Waals surface area (Å²) in [7, 11) is 0. The fraction of sp³-hybridized carbons (Fsp3) is 0.0357. The first kappa shape index (κ1) is 22.7. The van der Waals surface area contributed by atoms with E-state index in [0.29, 0.717) is 16.8 Å². The number of carbonyl (C=O) groups excluding carboxylic acids is 3.